The molecule has 0 spiro atoms. The summed E-state index contributed by atoms with van der Waals surface area (Å²) in [6, 6.07) is 0. The molecule has 1 saturated carbocycles. The van der Waals surface area contributed by atoms with E-state index in [1.807, 2.05) is 0 Å². The SMILES string of the molecule is CCS(=O)(=O)CCN1N=C2CCCCC2C1=O. The van der Waals surface area contributed by atoms with E-state index < -0.39 is 9.84 Å². The number of amides is 1. The summed E-state index contributed by atoms with van der Waals surface area (Å²) in [6.07, 6.45) is 3.91. The predicted octanol–water partition coefficient (Wildman–Crippen LogP) is 0.809. The lowest BCUT2D eigenvalue weighted by molar-refractivity contribution is -0.131. The highest BCUT2D eigenvalue weighted by molar-refractivity contribution is 7.91. The highest BCUT2D eigenvalue weighted by Gasteiger charge is 2.36. The van der Waals surface area contributed by atoms with Gasteiger partial charge >= 0.3 is 0 Å². The van der Waals surface area contributed by atoms with Crippen molar-refractivity contribution < 1.29 is 13.2 Å². The van der Waals surface area contributed by atoms with Crippen molar-refractivity contribution in [2.24, 2.45) is 11.0 Å². The van der Waals surface area contributed by atoms with Crippen LogP contribution in [0.2, 0.25) is 0 Å². The Morgan fingerprint density at radius 2 is 2.18 bits per heavy atom. The molecule has 0 aromatic rings. The Morgan fingerprint density at radius 3 is 2.82 bits per heavy atom. The van der Waals surface area contributed by atoms with Gasteiger partial charge in [0.25, 0.3) is 5.91 Å². The molecule has 1 heterocycles. The van der Waals surface area contributed by atoms with E-state index in [2.05, 4.69) is 5.10 Å². The van der Waals surface area contributed by atoms with Crippen molar-refractivity contribution in [3.8, 4) is 0 Å². The van der Waals surface area contributed by atoms with Crippen LogP contribution in [0.15, 0.2) is 5.10 Å². The fraction of sp³-hybridized carbons (Fsp3) is 0.818. The molecule has 17 heavy (non-hydrogen) atoms. The molecular weight excluding hydrogens is 240 g/mol. The molecule has 0 N–H and O–H groups in total. The van der Waals surface area contributed by atoms with E-state index >= 15 is 0 Å². The van der Waals surface area contributed by atoms with Crippen LogP contribution in [0.25, 0.3) is 0 Å². The fourth-order valence-electron chi connectivity index (χ4n) is 2.30. The van der Waals surface area contributed by atoms with Gasteiger partial charge in [-0.25, -0.2) is 13.4 Å². The van der Waals surface area contributed by atoms with Crippen LogP contribution >= 0.6 is 0 Å². The van der Waals surface area contributed by atoms with Gasteiger partial charge in [0.1, 0.15) is 0 Å². The van der Waals surface area contributed by atoms with Crippen LogP contribution in [-0.4, -0.2) is 43.1 Å². The maximum absolute atomic E-state index is 12.0. The minimum Gasteiger partial charge on any atom is -0.272 e. The summed E-state index contributed by atoms with van der Waals surface area (Å²) in [5, 5.41) is 5.62. The molecule has 1 fully saturated rings. The van der Waals surface area contributed by atoms with Crippen molar-refractivity contribution in [1.29, 1.82) is 0 Å². The molecule has 0 saturated heterocycles. The molecule has 0 radical (unpaired) electrons. The minimum absolute atomic E-state index is 0.00833. The van der Waals surface area contributed by atoms with E-state index in [0.717, 1.165) is 31.4 Å². The van der Waals surface area contributed by atoms with E-state index in [1.165, 1.54) is 5.01 Å². The quantitative estimate of drug-likeness (QED) is 0.749. The largest absolute Gasteiger partial charge is 0.272 e. The molecule has 1 aliphatic carbocycles. The molecule has 96 valence electrons. The van der Waals surface area contributed by atoms with Crippen LogP contribution in [0.5, 0.6) is 0 Å². The molecule has 0 aromatic carbocycles. The summed E-state index contributed by atoms with van der Waals surface area (Å²) in [5.41, 5.74) is 0.954. The van der Waals surface area contributed by atoms with Gasteiger partial charge in [-0.1, -0.05) is 13.3 Å². The highest BCUT2D eigenvalue weighted by Crippen LogP contribution is 2.28. The molecule has 1 unspecified atom stereocenters. The normalized spacial score (nSPS) is 24.8. The van der Waals surface area contributed by atoms with Crippen LogP contribution in [-0.2, 0) is 14.6 Å². The average Bonchev–Trinajstić information content (AvgIpc) is 2.65. The van der Waals surface area contributed by atoms with Gasteiger partial charge in [-0.15, -0.1) is 0 Å². The van der Waals surface area contributed by atoms with E-state index in [0.29, 0.717) is 0 Å². The smallest absolute Gasteiger partial charge is 0.251 e. The second-order valence-electron chi connectivity index (χ2n) is 4.59. The first-order valence-corrected chi connectivity index (χ1v) is 7.95. The fourth-order valence-corrected chi connectivity index (χ4v) is 3.04. The molecule has 1 amide bonds. The summed E-state index contributed by atoms with van der Waals surface area (Å²) in [7, 11) is -3.03. The van der Waals surface area contributed by atoms with E-state index in [9.17, 15) is 13.2 Å². The minimum atomic E-state index is -3.03. The molecular formula is C11H18N2O3S. The molecule has 0 bridgehead atoms. The van der Waals surface area contributed by atoms with Crippen molar-refractivity contribution in [3.63, 3.8) is 0 Å². The maximum Gasteiger partial charge on any atom is 0.251 e. The molecule has 2 rings (SSSR count). The zero-order valence-corrected chi connectivity index (χ0v) is 10.9. The number of hydrazone groups is 1. The topological polar surface area (TPSA) is 66.8 Å². The maximum atomic E-state index is 12.0. The number of sulfone groups is 1. The first-order chi connectivity index (χ1) is 8.03. The van der Waals surface area contributed by atoms with Crippen LogP contribution in [0.1, 0.15) is 32.6 Å². The van der Waals surface area contributed by atoms with Gasteiger partial charge in [0.2, 0.25) is 0 Å². The monoisotopic (exact) mass is 258 g/mol. The van der Waals surface area contributed by atoms with Crippen molar-refractivity contribution >= 4 is 21.5 Å². The van der Waals surface area contributed by atoms with Crippen molar-refractivity contribution in [2.45, 2.75) is 32.6 Å². The van der Waals surface area contributed by atoms with Gasteiger partial charge in [-0.2, -0.15) is 5.10 Å². The molecule has 1 atom stereocenters. The number of hydrogen-bond donors (Lipinski definition) is 0. The first kappa shape index (κ1) is 12.5. The standard InChI is InChI=1S/C11H18N2O3S/c1-2-17(15,16)8-7-13-11(14)9-5-3-4-6-10(9)12-13/h9H,2-8H2,1H3. The third kappa shape index (κ3) is 2.68. The lowest BCUT2D eigenvalue weighted by Crippen LogP contribution is -2.32. The van der Waals surface area contributed by atoms with E-state index in [1.54, 1.807) is 6.92 Å². The van der Waals surface area contributed by atoms with Crippen LogP contribution in [0.4, 0.5) is 0 Å². The molecule has 0 aromatic heterocycles. The predicted molar refractivity (Wildman–Crippen MR) is 65.4 cm³/mol. The molecule has 2 aliphatic rings. The van der Waals surface area contributed by atoms with E-state index in [-0.39, 0.29) is 29.9 Å². The van der Waals surface area contributed by atoms with Crippen molar-refractivity contribution in [3.05, 3.63) is 0 Å². The molecule has 1 aliphatic heterocycles. The molecule has 6 heteroatoms. The van der Waals surface area contributed by atoms with Gasteiger partial charge in [0.15, 0.2) is 9.84 Å². The lowest BCUT2D eigenvalue weighted by atomic mass is 9.87. The lowest BCUT2D eigenvalue weighted by Gasteiger charge is -2.16. The van der Waals surface area contributed by atoms with Gasteiger partial charge < -0.3 is 0 Å². The zero-order chi connectivity index (χ0) is 12.5. The third-order valence-electron chi connectivity index (χ3n) is 3.43. The highest BCUT2D eigenvalue weighted by atomic mass is 32.2. The van der Waals surface area contributed by atoms with Crippen LogP contribution in [0.3, 0.4) is 0 Å². The van der Waals surface area contributed by atoms with Gasteiger partial charge in [0.05, 0.1) is 23.9 Å². The number of fused-ring (bicyclic) bond motifs is 1. The average molecular weight is 258 g/mol. The second kappa shape index (κ2) is 4.76. The number of rotatable bonds is 4. The summed E-state index contributed by atoms with van der Waals surface area (Å²) < 4.78 is 22.8. The van der Waals surface area contributed by atoms with Crippen LogP contribution in [0, 0.1) is 5.92 Å². The third-order valence-corrected chi connectivity index (χ3v) is 5.12. The van der Waals surface area contributed by atoms with Gasteiger partial charge in [-0.3, -0.25) is 4.79 Å². The first-order valence-electron chi connectivity index (χ1n) is 6.12. The van der Waals surface area contributed by atoms with Crippen molar-refractivity contribution in [1.82, 2.24) is 5.01 Å². The second-order valence-corrected chi connectivity index (χ2v) is 7.06. The Labute approximate surface area is 102 Å². The van der Waals surface area contributed by atoms with Crippen LogP contribution < -0.4 is 0 Å². The Balaban J connectivity index is 1.99. The van der Waals surface area contributed by atoms with Crippen molar-refractivity contribution in [2.75, 3.05) is 18.1 Å². The zero-order valence-electron chi connectivity index (χ0n) is 10.1. The number of nitrogens with zero attached hydrogens (tertiary/aromatic N) is 2. The Kier molecular flexibility index (Phi) is 3.51. The van der Waals surface area contributed by atoms with Gasteiger partial charge in [-0.05, 0) is 19.3 Å². The Hall–Kier alpha value is -0.910. The van der Waals surface area contributed by atoms with E-state index in [4.69, 9.17) is 0 Å². The Bertz CT molecular complexity index is 442. The van der Waals surface area contributed by atoms with Gasteiger partial charge in [0, 0.05) is 5.75 Å². The number of carbonyl (C=O) groups excluding carboxylic acids is 1. The number of carbonyl (C=O) groups is 1. The number of hydrogen-bond acceptors (Lipinski definition) is 4. The summed E-state index contributed by atoms with van der Waals surface area (Å²) >= 11 is 0. The molecule has 5 nitrogen and oxygen atoms in total. The summed E-state index contributed by atoms with van der Waals surface area (Å²) in [4.78, 5) is 12.0. The summed E-state index contributed by atoms with van der Waals surface area (Å²) in [5.74, 6) is 0.0624. The summed E-state index contributed by atoms with van der Waals surface area (Å²) in [6.45, 7) is 1.82. The Morgan fingerprint density at radius 1 is 1.41 bits per heavy atom.